The Morgan fingerprint density at radius 1 is 0.407 bits per heavy atom. The van der Waals surface area contributed by atoms with Crippen molar-refractivity contribution >= 4 is 11.4 Å². The summed E-state index contributed by atoms with van der Waals surface area (Å²) in [4.78, 5) is 0. The first-order chi connectivity index (χ1) is 13.3. The first kappa shape index (κ1) is 18.1. The number of azo groups is 1. The van der Waals surface area contributed by atoms with E-state index in [0.717, 1.165) is 11.4 Å². The molecule has 0 spiro atoms. The molecule has 0 fully saturated rings. The molecule has 0 aliphatic rings. The molecule has 0 aliphatic carbocycles. The molecule has 0 heterocycles. The Kier molecular flexibility index (Phi) is 6.48. The number of nitrogens with zero attached hydrogens (tertiary/aromatic N) is 2. The molecule has 0 radical (unpaired) electrons. The van der Waals surface area contributed by atoms with E-state index in [1.807, 2.05) is 42.5 Å². The summed E-state index contributed by atoms with van der Waals surface area (Å²) in [7, 11) is 0. The van der Waals surface area contributed by atoms with Crippen molar-refractivity contribution in [2.75, 3.05) is 0 Å². The molecule has 4 rings (SSSR count). The van der Waals surface area contributed by atoms with Crippen molar-refractivity contribution in [2.45, 2.75) is 0 Å². The summed E-state index contributed by atoms with van der Waals surface area (Å²) in [6.45, 7) is 0. The van der Waals surface area contributed by atoms with Crippen LogP contribution in [0.1, 0.15) is 0 Å². The SMILES string of the molecule is Oc1ccc(N=Nc2ccccc2)cc1.c1ccc(-c2ccccc2)cc1. The van der Waals surface area contributed by atoms with E-state index in [-0.39, 0.29) is 5.75 Å². The number of hydrogen-bond acceptors (Lipinski definition) is 3. The van der Waals surface area contributed by atoms with Gasteiger partial charge in [-0.2, -0.15) is 10.2 Å². The molecule has 3 nitrogen and oxygen atoms in total. The maximum Gasteiger partial charge on any atom is 0.115 e. The maximum absolute atomic E-state index is 9.07. The average molecular weight is 352 g/mol. The van der Waals surface area contributed by atoms with Crippen molar-refractivity contribution in [3.8, 4) is 16.9 Å². The van der Waals surface area contributed by atoms with Crippen molar-refractivity contribution in [3.63, 3.8) is 0 Å². The standard InChI is InChI=1S/C12H10N2O.C12H10/c15-12-8-6-11(7-9-12)14-13-10-4-2-1-3-5-10;1-3-7-11(8-4-1)12-9-5-2-6-10-12/h1-9,15H;1-10H. The Morgan fingerprint density at radius 2 is 0.778 bits per heavy atom. The lowest BCUT2D eigenvalue weighted by Crippen LogP contribution is -1.73. The predicted molar refractivity (Wildman–Crippen MR) is 111 cm³/mol. The van der Waals surface area contributed by atoms with Crippen molar-refractivity contribution < 1.29 is 5.11 Å². The van der Waals surface area contributed by atoms with Gasteiger partial charge in [0.25, 0.3) is 0 Å². The van der Waals surface area contributed by atoms with Crippen LogP contribution in [0, 0.1) is 0 Å². The molecule has 0 aliphatic heterocycles. The Morgan fingerprint density at radius 3 is 1.22 bits per heavy atom. The molecule has 4 aromatic rings. The van der Waals surface area contributed by atoms with Gasteiger partial charge < -0.3 is 5.11 Å². The zero-order chi connectivity index (χ0) is 18.7. The summed E-state index contributed by atoms with van der Waals surface area (Å²) in [6, 6.07) is 36.9. The highest BCUT2D eigenvalue weighted by Gasteiger charge is 1.92. The largest absolute Gasteiger partial charge is 0.508 e. The van der Waals surface area contributed by atoms with E-state index in [4.69, 9.17) is 5.11 Å². The average Bonchev–Trinajstić information content (AvgIpc) is 2.76. The van der Waals surface area contributed by atoms with Gasteiger partial charge in [0.2, 0.25) is 0 Å². The molecule has 132 valence electrons. The fourth-order valence-corrected chi connectivity index (χ4v) is 2.39. The van der Waals surface area contributed by atoms with Gasteiger partial charge in [-0.25, -0.2) is 0 Å². The molecular formula is C24H20N2O. The molecule has 0 unspecified atom stereocenters. The van der Waals surface area contributed by atoms with Crippen molar-refractivity contribution in [1.82, 2.24) is 0 Å². The highest BCUT2D eigenvalue weighted by molar-refractivity contribution is 5.62. The van der Waals surface area contributed by atoms with E-state index in [9.17, 15) is 0 Å². The number of phenols is 1. The fourth-order valence-electron chi connectivity index (χ4n) is 2.39. The second kappa shape index (κ2) is 9.68. The Hall–Kier alpha value is -3.72. The normalized spacial score (nSPS) is 10.2. The van der Waals surface area contributed by atoms with E-state index in [2.05, 4.69) is 58.8 Å². The summed E-state index contributed by atoms with van der Waals surface area (Å²) in [5, 5.41) is 17.2. The zero-order valence-electron chi connectivity index (χ0n) is 14.8. The fraction of sp³-hybridized carbons (Fsp3) is 0. The van der Waals surface area contributed by atoms with Gasteiger partial charge in [0.05, 0.1) is 11.4 Å². The van der Waals surface area contributed by atoms with E-state index in [1.54, 1.807) is 24.3 Å². The van der Waals surface area contributed by atoms with E-state index < -0.39 is 0 Å². The lowest BCUT2D eigenvalue weighted by molar-refractivity contribution is 0.475. The van der Waals surface area contributed by atoms with Crippen LogP contribution in [0.5, 0.6) is 5.75 Å². The van der Waals surface area contributed by atoms with Gasteiger partial charge in [0.1, 0.15) is 5.75 Å². The van der Waals surface area contributed by atoms with Gasteiger partial charge in [-0.05, 0) is 47.5 Å². The number of rotatable bonds is 3. The summed E-state index contributed by atoms with van der Waals surface area (Å²) >= 11 is 0. The molecule has 0 aromatic heterocycles. The van der Waals surface area contributed by atoms with Crippen LogP contribution in [0.4, 0.5) is 11.4 Å². The van der Waals surface area contributed by atoms with Crippen molar-refractivity contribution in [2.24, 2.45) is 10.2 Å². The maximum atomic E-state index is 9.07. The second-order valence-corrected chi connectivity index (χ2v) is 5.78. The van der Waals surface area contributed by atoms with E-state index in [0.29, 0.717) is 0 Å². The summed E-state index contributed by atoms with van der Waals surface area (Å²) in [6.07, 6.45) is 0. The minimum Gasteiger partial charge on any atom is -0.508 e. The second-order valence-electron chi connectivity index (χ2n) is 5.78. The molecular weight excluding hydrogens is 332 g/mol. The van der Waals surface area contributed by atoms with Gasteiger partial charge in [0, 0.05) is 0 Å². The number of aromatic hydroxyl groups is 1. The van der Waals surface area contributed by atoms with Crippen LogP contribution in [-0.4, -0.2) is 5.11 Å². The Balaban J connectivity index is 0.000000159. The third-order valence-corrected chi connectivity index (χ3v) is 3.77. The first-order valence-electron chi connectivity index (χ1n) is 8.67. The molecule has 4 aromatic carbocycles. The van der Waals surface area contributed by atoms with Crippen LogP contribution >= 0.6 is 0 Å². The Bertz CT molecular complexity index is 914. The van der Waals surface area contributed by atoms with Gasteiger partial charge in [0.15, 0.2) is 0 Å². The lowest BCUT2D eigenvalue weighted by Gasteiger charge is -1.98. The lowest BCUT2D eigenvalue weighted by atomic mass is 10.1. The first-order valence-corrected chi connectivity index (χ1v) is 8.67. The van der Waals surface area contributed by atoms with Crippen LogP contribution in [0.2, 0.25) is 0 Å². The zero-order valence-corrected chi connectivity index (χ0v) is 14.8. The van der Waals surface area contributed by atoms with Gasteiger partial charge in [-0.3, -0.25) is 0 Å². The highest BCUT2D eigenvalue weighted by atomic mass is 16.3. The van der Waals surface area contributed by atoms with Crippen LogP contribution < -0.4 is 0 Å². The molecule has 0 bridgehead atoms. The summed E-state index contributed by atoms with van der Waals surface area (Å²) in [5.74, 6) is 0.230. The number of benzene rings is 4. The van der Waals surface area contributed by atoms with Gasteiger partial charge in [-0.1, -0.05) is 78.9 Å². The summed E-state index contributed by atoms with van der Waals surface area (Å²) in [5.41, 5.74) is 4.08. The third kappa shape index (κ3) is 5.94. The molecule has 1 N–H and O–H groups in total. The molecule has 27 heavy (non-hydrogen) atoms. The predicted octanol–water partition coefficient (Wildman–Crippen LogP) is 7.16. The van der Waals surface area contributed by atoms with Crippen LogP contribution in [0.3, 0.4) is 0 Å². The van der Waals surface area contributed by atoms with E-state index in [1.165, 1.54) is 11.1 Å². The number of hydrogen-bond donors (Lipinski definition) is 1. The molecule has 0 saturated carbocycles. The monoisotopic (exact) mass is 352 g/mol. The van der Waals surface area contributed by atoms with Crippen LogP contribution in [0.25, 0.3) is 11.1 Å². The Labute approximate surface area is 159 Å². The topological polar surface area (TPSA) is 45.0 Å². The molecule has 0 atom stereocenters. The molecule has 3 heteroatoms. The van der Waals surface area contributed by atoms with Crippen molar-refractivity contribution in [1.29, 1.82) is 0 Å². The quantitative estimate of drug-likeness (QED) is 0.391. The van der Waals surface area contributed by atoms with Crippen molar-refractivity contribution in [3.05, 3.63) is 115 Å². The number of phenolic OH excluding ortho intramolecular Hbond substituents is 1. The van der Waals surface area contributed by atoms with Crippen LogP contribution in [-0.2, 0) is 0 Å². The minimum atomic E-state index is 0.230. The smallest absolute Gasteiger partial charge is 0.115 e. The third-order valence-electron chi connectivity index (χ3n) is 3.77. The van der Waals surface area contributed by atoms with Crippen LogP contribution in [0.15, 0.2) is 125 Å². The molecule has 0 saturated heterocycles. The minimum absolute atomic E-state index is 0.230. The molecule has 0 amide bonds. The van der Waals surface area contributed by atoms with Gasteiger partial charge >= 0.3 is 0 Å². The highest BCUT2D eigenvalue weighted by Crippen LogP contribution is 2.20. The van der Waals surface area contributed by atoms with Gasteiger partial charge in [-0.15, -0.1) is 0 Å². The summed E-state index contributed by atoms with van der Waals surface area (Å²) < 4.78 is 0. The van der Waals surface area contributed by atoms with E-state index >= 15 is 0 Å².